The van der Waals surface area contributed by atoms with Crippen molar-refractivity contribution in [2.45, 2.75) is 19.8 Å². The van der Waals surface area contributed by atoms with E-state index in [4.69, 9.17) is 4.74 Å². The molecule has 3 heteroatoms. The van der Waals surface area contributed by atoms with Gasteiger partial charge in [0.1, 0.15) is 0 Å². The summed E-state index contributed by atoms with van der Waals surface area (Å²) in [7, 11) is 0. The van der Waals surface area contributed by atoms with Crippen molar-refractivity contribution in [1.82, 2.24) is 10.2 Å². The zero-order valence-electron chi connectivity index (χ0n) is 9.22. The van der Waals surface area contributed by atoms with Crippen molar-refractivity contribution in [3.05, 3.63) is 0 Å². The van der Waals surface area contributed by atoms with Gasteiger partial charge < -0.3 is 15.0 Å². The summed E-state index contributed by atoms with van der Waals surface area (Å²) in [5.41, 5.74) is 0.508. The Balaban J connectivity index is 1.57. The van der Waals surface area contributed by atoms with E-state index in [1.54, 1.807) is 0 Å². The smallest absolute Gasteiger partial charge is 0.0542 e. The summed E-state index contributed by atoms with van der Waals surface area (Å²) in [6, 6.07) is 0. The Bertz CT molecular complexity index is 174. The Morgan fingerprint density at radius 2 is 2.00 bits per heavy atom. The SMILES string of the molecule is CC1(CCCN2CCNCC2)COC1. The van der Waals surface area contributed by atoms with Crippen LogP contribution in [0.25, 0.3) is 0 Å². The van der Waals surface area contributed by atoms with Crippen molar-refractivity contribution >= 4 is 0 Å². The maximum Gasteiger partial charge on any atom is 0.0542 e. The molecule has 0 aromatic heterocycles. The topological polar surface area (TPSA) is 24.5 Å². The number of piperazine rings is 1. The van der Waals surface area contributed by atoms with Crippen LogP contribution in [0.1, 0.15) is 19.8 Å². The van der Waals surface area contributed by atoms with Crippen LogP contribution in [0.2, 0.25) is 0 Å². The Morgan fingerprint density at radius 3 is 2.57 bits per heavy atom. The van der Waals surface area contributed by atoms with Crippen LogP contribution < -0.4 is 5.32 Å². The largest absolute Gasteiger partial charge is 0.380 e. The molecule has 0 aliphatic carbocycles. The minimum Gasteiger partial charge on any atom is -0.380 e. The average Bonchev–Trinajstić information content (AvgIpc) is 2.17. The van der Waals surface area contributed by atoms with Crippen molar-refractivity contribution in [2.75, 3.05) is 45.9 Å². The Kier molecular flexibility index (Phi) is 3.42. The lowest BCUT2D eigenvalue weighted by molar-refractivity contribution is -0.107. The highest BCUT2D eigenvalue weighted by Crippen LogP contribution is 2.31. The molecular formula is C11H22N2O. The fraction of sp³-hybridized carbons (Fsp3) is 1.00. The van der Waals surface area contributed by atoms with E-state index in [1.807, 2.05) is 0 Å². The summed E-state index contributed by atoms with van der Waals surface area (Å²) in [6.07, 6.45) is 2.66. The molecule has 2 aliphatic rings. The van der Waals surface area contributed by atoms with Gasteiger partial charge in [0, 0.05) is 31.6 Å². The van der Waals surface area contributed by atoms with Crippen LogP contribution in [0.4, 0.5) is 0 Å². The third-order valence-corrected chi connectivity index (χ3v) is 3.37. The lowest BCUT2D eigenvalue weighted by Gasteiger charge is -2.38. The van der Waals surface area contributed by atoms with E-state index < -0.39 is 0 Å². The molecule has 3 nitrogen and oxygen atoms in total. The molecule has 0 unspecified atom stereocenters. The molecule has 0 radical (unpaired) electrons. The standard InChI is InChI=1S/C11H22N2O/c1-11(9-14-10-11)3-2-6-13-7-4-12-5-8-13/h12H,2-10H2,1H3. The molecule has 1 N–H and O–H groups in total. The highest BCUT2D eigenvalue weighted by atomic mass is 16.5. The van der Waals surface area contributed by atoms with Gasteiger partial charge in [0.2, 0.25) is 0 Å². The summed E-state index contributed by atoms with van der Waals surface area (Å²) < 4.78 is 5.26. The van der Waals surface area contributed by atoms with Crippen LogP contribution in [0, 0.1) is 5.41 Å². The van der Waals surface area contributed by atoms with Gasteiger partial charge in [-0.25, -0.2) is 0 Å². The van der Waals surface area contributed by atoms with Gasteiger partial charge in [-0.15, -0.1) is 0 Å². The first-order chi connectivity index (χ1) is 6.79. The summed E-state index contributed by atoms with van der Waals surface area (Å²) in [6.45, 7) is 10.4. The van der Waals surface area contributed by atoms with Gasteiger partial charge in [-0.3, -0.25) is 0 Å². The molecule has 0 aromatic carbocycles. The minimum atomic E-state index is 0.508. The summed E-state index contributed by atoms with van der Waals surface area (Å²) >= 11 is 0. The number of hydrogen-bond acceptors (Lipinski definition) is 3. The third kappa shape index (κ3) is 2.69. The second kappa shape index (κ2) is 4.60. The molecule has 0 aromatic rings. The van der Waals surface area contributed by atoms with E-state index in [9.17, 15) is 0 Å². The Morgan fingerprint density at radius 1 is 1.29 bits per heavy atom. The van der Waals surface area contributed by atoms with E-state index >= 15 is 0 Å². The monoisotopic (exact) mass is 198 g/mol. The molecule has 2 rings (SSSR count). The van der Waals surface area contributed by atoms with E-state index in [0.717, 1.165) is 13.2 Å². The molecule has 2 saturated heterocycles. The maximum absolute atomic E-state index is 5.26. The second-order valence-corrected chi connectivity index (χ2v) is 5.00. The highest BCUT2D eigenvalue weighted by molar-refractivity contribution is 4.81. The highest BCUT2D eigenvalue weighted by Gasteiger charge is 2.32. The van der Waals surface area contributed by atoms with Crippen molar-refractivity contribution in [3.8, 4) is 0 Å². The first kappa shape index (κ1) is 10.4. The van der Waals surface area contributed by atoms with Gasteiger partial charge in [-0.2, -0.15) is 0 Å². The number of ether oxygens (including phenoxy) is 1. The van der Waals surface area contributed by atoms with Gasteiger partial charge in [0.15, 0.2) is 0 Å². The van der Waals surface area contributed by atoms with Gasteiger partial charge in [-0.05, 0) is 19.4 Å². The zero-order valence-corrected chi connectivity index (χ0v) is 9.22. The fourth-order valence-corrected chi connectivity index (χ4v) is 2.26. The van der Waals surface area contributed by atoms with E-state index in [1.165, 1.54) is 45.6 Å². The molecule has 0 amide bonds. The number of nitrogens with zero attached hydrogens (tertiary/aromatic N) is 1. The van der Waals surface area contributed by atoms with Gasteiger partial charge in [0.05, 0.1) is 13.2 Å². The number of nitrogens with one attached hydrogen (secondary N) is 1. The molecule has 0 saturated carbocycles. The molecule has 14 heavy (non-hydrogen) atoms. The molecule has 0 bridgehead atoms. The molecule has 0 atom stereocenters. The van der Waals surface area contributed by atoms with Crippen molar-refractivity contribution in [2.24, 2.45) is 5.41 Å². The average molecular weight is 198 g/mol. The van der Waals surface area contributed by atoms with E-state index in [2.05, 4.69) is 17.1 Å². The molecule has 2 heterocycles. The first-order valence-corrected chi connectivity index (χ1v) is 5.79. The van der Waals surface area contributed by atoms with Crippen LogP contribution in [0.5, 0.6) is 0 Å². The first-order valence-electron chi connectivity index (χ1n) is 5.79. The normalized spacial score (nSPS) is 27.2. The predicted molar refractivity (Wildman–Crippen MR) is 57.5 cm³/mol. The van der Waals surface area contributed by atoms with Crippen LogP contribution in [0.15, 0.2) is 0 Å². The van der Waals surface area contributed by atoms with Crippen molar-refractivity contribution in [1.29, 1.82) is 0 Å². The van der Waals surface area contributed by atoms with Gasteiger partial charge in [0.25, 0.3) is 0 Å². The van der Waals surface area contributed by atoms with Crippen molar-refractivity contribution in [3.63, 3.8) is 0 Å². The lowest BCUT2D eigenvalue weighted by Crippen LogP contribution is -2.44. The van der Waals surface area contributed by atoms with Gasteiger partial charge in [-0.1, -0.05) is 6.92 Å². The lowest BCUT2D eigenvalue weighted by atomic mass is 9.83. The summed E-state index contributed by atoms with van der Waals surface area (Å²) in [5.74, 6) is 0. The molecule has 2 aliphatic heterocycles. The van der Waals surface area contributed by atoms with E-state index in [0.29, 0.717) is 5.41 Å². The second-order valence-electron chi connectivity index (χ2n) is 5.00. The molecule has 2 fully saturated rings. The Labute approximate surface area is 86.8 Å². The molecule has 82 valence electrons. The predicted octanol–water partition coefficient (Wildman–Crippen LogP) is 0.708. The number of rotatable bonds is 4. The van der Waals surface area contributed by atoms with Crippen LogP contribution in [-0.4, -0.2) is 50.8 Å². The van der Waals surface area contributed by atoms with Crippen LogP contribution in [-0.2, 0) is 4.74 Å². The van der Waals surface area contributed by atoms with E-state index in [-0.39, 0.29) is 0 Å². The fourth-order valence-electron chi connectivity index (χ4n) is 2.26. The number of hydrogen-bond donors (Lipinski definition) is 1. The van der Waals surface area contributed by atoms with Crippen LogP contribution >= 0.6 is 0 Å². The summed E-state index contributed by atoms with van der Waals surface area (Å²) in [5, 5.41) is 3.38. The molecule has 0 spiro atoms. The third-order valence-electron chi connectivity index (χ3n) is 3.37. The molecular weight excluding hydrogens is 176 g/mol. The summed E-state index contributed by atoms with van der Waals surface area (Å²) in [4.78, 5) is 2.57. The quantitative estimate of drug-likeness (QED) is 0.720. The zero-order chi connectivity index (χ0) is 9.86. The maximum atomic E-state index is 5.26. The minimum absolute atomic E-state index is 0.508. The van der Waals surface area contributed by atoms with Gasteiger partial charge >= 0.3 is 0 Å². The van der Waals surface area contributed by atoms with Crippen molar-refractivity contribution < 1.29 is 4.74 Å². The van der Waals surface area contributed by atoms with Crippen LogP contribution in [0.3, 0.4) is 0 Å². The Hall–Kier alpha value is -0.120.